The van der Waals surface area contributed by atoms with Gasteiger partial charge in [0.15, 0.2) is 0 Å². The van der Waals surface area contributed by atoms with Crippen LogP contribution >= 0.6 is 0 Å². The molecule has 3 aliphatic heterocycles. The van der Waals surface area contributed by atoms with Crippen LogP contribution in [0.2, 0.25) is 0 Å². The van der Waals surface area contributed by atoms with Crippen LogP contribution in [0.1, 0.15) is 31.0 Å². The number of nitrogens with zero attached hydrogens (tertiary/aromatic N) is 2. The van der Waals surface area contributed by atoms with E-state index in [1.165, 1.54) is 48.1 Å². The molecule has 5 rings (SSSR count). The van der Waals surface area contributed by atoms with Crippen LogP contribution in [0.25, 0.3) is 16.5 Å². The molecular formula is C19H24N2O. The lowest BCUT2D eigenvalue weighted by atomic mass is 9.81. The van der Waals surface area contributed by atoms with E-state index < -0.39 is 0 Å². The fraction of sp³-hybridized carbons (Fsp3) is 0.474. The Kier molecular flexibility index (Phi) is 3.17. The van der Waals surface area contributed by atoms with Crippen molar-refractivity contribution in [2.45, 2.75) is 26.7 Å². The first-order valence-electron chi connectivity index (χ1n) is 8.37. The Labute approximate surface area is 132 Å². The highest BCUT2D eigenvalue weighted by Crippen LogP contribution is 2.42. The summed E-state index contributed by atoms with van der Waals surface area (Å²) in [6, 6.07) is 6.52. The normalized spacial score (nSPS) is 18.1. The van der Waals surface area contributed by atoms with Crippen LogP contribution in [0.4, 0.5) is 0 Å². The predicted octanol–water partition coefficient (Wildman–Crippen LogP) is 3.95. The summed E-state index contributed by atoms with van der Waals surface area (Å²) in [4.78, 5) is 2.49. The summed E-state index contributed by atoms with van der Waals surface area (Å²) in [6.45, 7) is 7.45. The number of benzene rings is 1. The smallest absolute Gasteiger partial charge is 0.121 e. The van der Waals surface area contributed by atoms with Crippen molar-refractivity contribution in [3.63, 3.8) is 0 Å². The minimum absolute atomic E-state index is 0.712. The first-order chi connectivity index (χ1) is 10.7. The molecule has 3 nitrogen and oxygen atoms in total. The average molecular weight is 296 g/mol. The quantitative estimate of drug-likeness (QED) is 0.853. The molecule has 4 heterocycles. The molecule has 0 amide bonds. The maximum atomic E-state index is 5.68. The van der Waals surface area contributed by atoms with Gasteiger partial charge in [-0.05, 0) is 50.3 Å². The summed E-state index contributed by atoms with van der Waals surface area (Å²) in [5, 5.41) is 1.36. The summed E-state index contributed by atoms with van der Waals surface area (Å²) < 4.78 is 7.99. The van der Waals surface area contributed by atoms with Gasteiger partial charge in [0.25, 0.3) is 0 Å². The van der Waals surface area contributed by atoms with E-state index in [-0.39, 0.29) is 0 Å². The van der Waals surface area contributed by atoms with E-state index in [0.29, 0.717) is 6.61 Å². The maximum Gasteiger partial charge on any atom is 0.121 e. The number of piperidine rings is 1. The van der Waals surface area contributed by atoms with Crippen molar-refractivity contribution < 1.29 is 4.74 Å². The van der Waals surface area contributed by atoms with Crippen LogP contribution in [-0.4, -0.2) is 29.2 Å². The summed E-state index contributed by atoms with van der Waals surface area (Å²) in [5.74, 6) is 1.70. The fourth-order valence-electron chi connectivity index (χ4n) is 4.07. The lowest BCUT2D eigenvalue weighted by Crippen LogP contribution is -2.35. The van der Waals surface area contributed by atoms with Crippen LogP contribution in [0, 0.1) is 12.8 Å². The molecule has 116 valence electrons. The van der Waals surface area contributed by atoms with Crippen molar-refractivity contribution >= 4 is 16.5 Å². The molecule has 1 fully saturated rings. The highest BCUT2D eigenvalue weighted by atomic mass is 16.5. The second kappa shape index (κ2) is 5.08. The van der Waals surface area contributed by atoms with Gasteiger partial charge in [0.2, 0.25) is 0 Å². The van der Waals surface area contributed by atoms with Crippen molar-refractivity contribution in [1.82, 2.24) is 9.47 Å². The molecule has 0 spiro atoms. The SMILES string of the molecule is CCOc1ccc2c(C3=CN4CCC3CC4)c(C)n(C)c2c1. The average Bonchev–Trinajstić information content (AvgIpc) is 2.80. The molecule has 0 saturated carbocycles. The van der Waals surface area contributed by atoms with E-state index in [2.05, 4.69) is 47.8 Å². The number of fused-ring (bicyclic) bond motifs is 3. The van der Waals surface area contributed by atoms with E-state index in [4.69, 9.17) is 4.74 Å². The molecule has 1 aromatic heterocycles. The Morgan fingerprint density at radius 3 is 2.64 bits per heavy atom. The molecular weight excluding hydrogens is 272 g/mol. The number of hydrogen-bond acceptors (Lipinski definition) is 2. The zero-order chi connectivity index (χ0) is 15.3. The van der Waals surface area contributed by atoms with Crippen molar-refractivity contribution in [2.75, 3.05) is 19.7 Å². The van der Waals surface area contributed by atoms with E-state index >= 15 is 0 Å². The van der Waals surface area contributed by atoms with E-state index in [0.717, 1.165) is 11.7 Å². The topological polar surface area (TPSA) is 17.4 Å². The number of aryl methyl sites for hydroxylation is 1. The zero-order valence-corrected chi connectivity index (χ0v) is 13.7. The van der Waals surface area contributed by atoms with Gasteiger partial charge >= 0.3 is 0 Å². The summed E-state index contributed by atoms with van der Waals surface area (Å²) in [7, 11) is 2.17. The molecule has 1 aromatic carbocycles. The lowest BCUT2D eigenvalue weighted by Gasteiger charge is -2.39. The van der Waals surface area contributed by atoms with Crippen molar-refractivity contribution in [2.24, 2.45) is 13.0 Å². The van der Waals surface area contributed by atoms with Crippen molar-refractivity contribution in [3.05, 3.63) is 35.7 Å². The third-order valence-electron chi connectivity index (χ3n) is 5.36. The number of allylic oxidation sites excluding steroid dienone is 1. The van der Waals surface area contributed by atoms with E-state index in [1.807, 2.05) is 6.92 Å². The molecule has 2 bridgehead atoms. The number of ether oxygens (including phenoxy) is 1. The number of hydrogen-bond donors (Lipinski definition) is 0. The van der Waals surface area contributed by atoms with Gasteiger partial charge in [-0.2, -0.15) is 0 Å². The summed E-state index contributed by atoms with van der Waals surface area (Å²) in [6.07, 6.45) is 5.02. The Morgan fingerprint density at radius 1 is 1.23 bits per heavy atom. The standard InChI is InChI=1S/C19H24N2O/c1-4-22-15-5-6-16-18(11-15)20(3)13(2)19(16)17-12-21-9-7-14(17)8-10-21/h5-6,11-12,14H,4,7-10H2,1-3H3. The van der Waals surface area contributed by atoms with Gasteiger partial charge in [-0.1, -0.05) is 0 Å². The van der Waals surface area contributed by atoms with E-state index in [9.17, 15) is 0 Å². The predicted molar refractivity (Wildman–Crippen MR) is 91.1 cm³/mol. The van der Waals surface area contributed by atoms with Crippen LogP contribution in [-0.2, 0) is 7.05 Å². The molecule has 0 atom stereocenters. The minimum Gasteiger partial charge on any atom is -0.494 e. The molecule has 1 saturated heterocycles. The molecule has 22 heavy (non-hydrogen) atoms. The van der Waals surface area contributed by atoms with Crippen LogP contribution in [0.5, 0.6) is 5.75 Å². The highest BCUT2D eigenvalue weighted by Gasteiger charge is 2.30. The molecule has 3 aliphatic rings. The third-order valence-corrected chi connectivity index (χ3v) is 5.36. The monoisotopic (exact) mass is 296 g/mol. The van der Waals surface area contributed by atoms with Gasteiger partial charge in [-0.15, -0.1) is 0 Å². The molecule has 2 aromatic rings. The van der Waals surface area contributed by atoms with Gasteiger partial charge in [-0.25, -0.2) is 0 Å². The first kappa shape index (κ1) is 13.7. The van der Waals surface area contributed by atoms with Crippen molar-refractivity contribution in [1.29, 1.82) is 0 Å². The van der Waals surface area contributed by atoms with Gasteiger partial charge in [0.1, 0.15) is 5.75 Å². The Hall–Kier alpha value is -1.90. The molecule has 0 N–H and O–H groups in total. The summed E-state index contributed by atoms with van der Waals surface area (Å²) >= 11 is 0. The third kappa shape index (κ3) is 1.95. The highest BCUT2D eigenvalue weighted by molar-refractivity contribution is 5.96. The zero-order valence-electron chi connectivity index (χ0n) is 13.7. The second-order valence-corrected chi connectivity index (χ2v) is 6.53. The molecule has 0 unspecified atom stereocenters. The van der Waals surface area contributed by atoms with Gasteiger partial charge in [0.05, 0.1) is 12.1 Å². The lowest BCUT2D eigenvalue weighted by molar-refractivity contribution is 0.252. The van der Waals surface area contributed by atoms with Crippen molar-refractivity contribution in [3.8, 4) is 5.75 Å². The van der Waals surface area contributed by atoms with Gasteiger partial charge in [0, 0.05) is 49.0 Å². The minimum atomic E-state index is 0.712. The second-order valence-electron chi connectivity index (χ2n) is 6.53. The summed E-state index contributed by atoms with van der Waals surface area (Å²) in [5.41, 5.74) is 5.64. The van der Waals surface area contributed by atoms with E-state index in [1.54, 1.807) is 5.57 Å². The Morgan fingerprint density at radius 2 is 2.00 bits per heavy atom. The fourth-order valence-corrected chi connectivity index (χ4v) is 4.07. The molecule has 3 heteroatoms. The van der Waals surface area contributed by atoms with Crippen LogP contribution in [0.3, 0.4) is 0 Å². The van der Waals surface area contributed by atoms with Gasteiger partial charge < -0.3 is 14.2 Å². The number of aromatic nitrogens is 1. The van der Waals surface area contributed by atoms with Gasteiger partial charge in [-0.3, -0.25) is 0 Å². The Bertz CT molecular complexity index is 748. The Balaban J connectivity index is 1.89. The molecule has 0 radical (unpaired) electrons. The maximum absolute atomic E-state index is 5.68. The molecule has 0 aliphatic carbocycles. The van der Waals surface area contributed by atoms with Crippen LogP contribution < -0.4 is 4.74 Å². The van der Waals surface area contributed by atoms with Crippen LogP contribution in [0.15, 0.2) is 24.4 Å². The number of rotatable bonds is 3. The first-order valence-corrected chi connectivity index (χ1v) is 8.37. The largest absolute Gasteiger partial charge is 0.494 e.